The largest absolute Gasteiger partial charge is 0.481 e. The minimum Gasteiger partial charge on any atom is -0.481 e. The van der Waals surface area contributed by atoms with Crippen molar-refractivity contribution in [3.63, 3.8) is 0 Å². The quantitative estimate of drug-likeness (QED) is 0.728. The van der Waals surface area contributed by atoms with Crippen LogP contribution in [0.1, 0.15) is 20.8 Å². The summed E-state index contributed by atoms with van der Waals surface area (Å²) in [7, 11) is 0. The molecule has 0 aromatic heterocycles. The number of rotatable bonds is 3. The summed E-state index contributed by atoms with van der Waals surface area (Å²) in [6.45, 7) is 6.65. The van der Waals surface area contributed by atoms with Crippen LogP contribution in [0.5, 0.6) is 0 Å². The van der Waals surface area contributed by atoms with Crippen molar-refractivity contribution in [2.45, 2.75) is 26.8 Å². The third-order valence-electron chi connectivity index (χ3n) is 2.87. The fourth-order valence-electron chi connectivity index (χ4n) is 1.25. The molecule has 1 aliphatic heterocycles. The van der Waals surface area contributed by atoms with E-state index < -0.39 is 5.97 Å². The Hall–Kier alpha value is -1.26. The predicted octanol–water partition coefficient (Wildman–Crippen LogP) is 0.757. The highest BCUT2D eigenvalue weighted by Gasteiger charge is 2.35. The molecule has 5 nitrogen and oxygen atoms in total. The summed E-state index contributed by atoms with van der Waals surface area (Å²) in [5.41, 5.74) is 0. The van der Waals surface area contributed by atoms with Crippen LogP contribution in [0.4, 0.5) is 4.79 Å². The molecule has 2 N–H and O–H groups in total. The molecule has 0 saturated carbocycles. The van der Waals surface area contributed by atoms with Gasteiger partial charge in [-0.25, -0.2) is 4.79 Å². The van der Waals surface area contributed by atoms with Crippen LogP contribution in [0, 0.1) is 11.8 Å². The van der Waals surface area contributed by atoms with Crippen molar-refractivity contribution in [3.8, 4) is 0 Å². The van der Waals surface area contributed by atoms with E-state index in [1.165, 1.54) is 4.90 Å². The Morgan fingerprint density at radius 1 is 1.33 bits per heavy atom. The van der Waals surface area contributed by atoms with Crippen LogP contribution in [0.2, 0.25) is 0 Å². The van der Waals surface area contributed by atoms with Gasteiger partial charge in [0.1, 0.15) is 0 Å². The number of carboxylic acid groups (broad SMARTS) is 1. The Kier molecular flexibility index (Phi) is 3.55. The zero-order valence-corrected chi connectivity index (χ0v) is 9.36. The molecule has 15 heavy (non-hydrogen) atoms. The Morgan fingerprint density at radius 2 is 1.87 bits per heavy atom. The van der Waals surface area contributed by atoms with E-state index in [-0.39, 0.29) is 18.0 Å². The second-order valence-corrected chi connectivity index (χ2v) is 4.42. The van der Waals surface area contributed by atoms with Gasteiger partial charge in [0.15, 0.2) is 0 Å². The summed E-state index contributed by atoms with van der Waals surface area (Å²) in [5, 5.41) is 11.5. The van der Waals surface area contributed by atoms with Crippen molar-refractivity contribution in [1.82, 2.24) is 10.2 Å². The highest BCUT2D eigenvalue weighted by Crippen LogP contribution is 2.15. The number of carboxylic acids is 1. The molecule has 2 amide bonds. The number of urea groups is 1. The third-order valence-corrected chi connectivity index (χ3v) is 2.87. The first-order chi connectivity index (χ1) is 6.91. The first-order valence-electron chi connectivity index (χ1n) is 5.20. The molecule has 1 saturated heterocycles. The van der Waals surface area contributed by atoms with E-state index in [2.05, 4.69) is 5.32 Å². The van der Waals surface area contributed by atoms with E-state index in [1.54, 1.807) is 0 Å². The Balaban J connectivity index is 2.29. The lowest BCUT2D eigenvalue weighted by Gasteiger charge is -2.37. The first kappa shape index (κ1) is 11.8. The number of hydrogen-bond acceptors (Lipinski definition) is 2. The molecule has 1 atom stereocenters. The average Bonchev–Trinajstić information content (AvgIpc) is 1.99. The van der Waals surface area contributed by atoms with Crippen LogP contribution in [0.25, 0.3) is 0 Å². The number of amides is 2. The molecule has 0 bridgehead atoms. The number of carbonyl (C=O) groups excluding carboxylic acids is 1. The lowest BCUT2D eigenvalue weighted by Crippen LogP contribution is -2.57. The summed E-state index contributed by atoms with van der Waals surface area (Å²) >= 11 is 0. The molecule has 0 aromatic carbocycles. The monoisotopic (exact) mass is 214 g/mol. The summed E-state index contributed by atoms with van der Waals surface area (Å²) in [6, 6.07) is -0.0462. The average molecular weight is 214 g/mol. The summed E-state index contributed by atoms with van der Waals surface area (Å²) in [5.74, 6) is -0.827. The molecule has 1 rings (SSSR count). The van der Waals surface area contributed by atoms with E-state index in [0.717, 1.165) is 0 Å². The molecular weight excluding hydrogens is 196 g/mol. The number of nitrogens with one attached hydrogen (secondary N) is 1. The molecule has 1 aliphatic rings. The van der Waals surface area contributed by atoms with Gasteiger partial charge in [0.05, 0.1) is 5.92 Å². The van der Waals surface area contributed by atoms with Gasteiger partial charge in [0, 0.05) is 19.1 Å². The molecule has 5 heteroatoms. The second-order valence-electron chi connectivity index (χ2n) is 4.42. The maximum absolute atomic E-state index is 11.5. The number of hydrogen-bond donors (Lipinski definition) is 2. The lowest BCUT2D eigenvalue weighted by atomic mass is 10.0. The SMILES string of the molecule is CC(C)[C@@H](C)NC(=O)N1CC(C(=O)O)C1. The van der Waals surface area contributed by atoms with E-state index in [4.69, 9.17) is 5.11 Å². The van der Waals surface area contributed by atoms with Crippen LogP contribution < -0.4 is 5.32 Å². The van der Waals surface area contributed by atoms with Crippen molar-refractivity contribution in [1.29, 1.82) is 0 Å². The molecule has 1 fully saturated rings. The van der Waals surface area contributed by atoms with Crippen LogP contribution in [-0.2, 0) is 4.79 Å². The summed E-state index contributed by atoms with van der Waals surface area (Å²) in [6.07, 6.45) is 0. The predicted molar refractivity (Wildman–Crippen MR) is 55.5 cm³/mol. The Labute approximate surface area is 89.4 Å². The zero-order chi connectivity index (χ0) is 11.6. The molecule has 0 aliphatic carbocycles. The van der Waals surface area contributed by atoms with Gasteiger partial charge in [-0.3, -0.25) is 4.79 Å². The number of carbonyl (C=O) groups is 2. The molecule has 86 valence electrons. The highest BCUT2D eigenvalue weighted by molar-refractivity contribution is 5.79. The third kappa shape index (κ3) is 2.84. The first-order valence-corrected chi connectivity index (χ1v) is 5.20. The molecule has 1 heterocycles. The van der Waals surface area contributed by atoms with Gasteiger partial charge in [0.25, 0.3) is 0 Å². The maximum atomic E-state index is 11.5. The standard InChI is InChI=1S/C10H18N2O3/c1-6(2)7(3)11-10(15)12-4-8(5-12)9(13)14/h6-8H,4-5H2,1-3H3,(H,11,15)(H,13,14)/t7-/m1/s1. The number of likely N-dealkylation sites (tertiary alicyclic amines) is 1. The van der Waals surface area contributed by atoms with Crippen molar-refractivity contribution in [2.24, 2.45) is 11.8 Å². The molecule has 0 spiro atoms. The van der Waals surface area contributed by atoms with Crippen LogP contribution in [-0.4, -0.2) is 41.1 Å². The summed E-state index contributed by atoms with van der Waals surface area (Å²) < 4.78 is 0. The lowest BCUT2D eigenvalue weighted by molar-refractivity contribution is -0.146. The van der Waals surface area contributed by atoms with Crippen molar-refractivity contribution in [3.05, 3.63) is 0 Å². The molecule has 0 aromatic rings. The minimum atomic E-state index is -0.823. The van der Waals surface area contributed by atoms with Crippen LogP contribution in [0.3, 0.4) is 0 Å². The van der Waals surface area contributed by atoms with Gasteiger partial charge in [-0.05, 0) is 12.8 Å². The number of nitrogens with zero attached hydrogens (tertiary/aromatic N) is 1. The second kappa shape index (κ2) is 4.51. The van der Waals surface area contributed by atoms with Gasteiger partial charge in [-0.2, -0.15) is 0 Å². The smallest absolute Gasteiger partial charge is 0.317 e. The van der Waals surface area contributed by atoms with E-state index in [9.17, 15) is 9.59 Å². The fraction of sp³-hybridized carbons (Fsp3) is 0.800. The number of aliphatic carboxylic acids is 1. The molecular formula is C10H18N2O3. The van der Waals surface area contributed by atoms with Gasteiger partial charge in [-0.15, -0.1) is 0 Å². The molecule has 0 radical (unpaired) electrons. The van der Waals surface area contributed by atoms with E-state index >= 15 is 0 Å². The fourth-order valence-corrected chi connectivity index (χ4v) is 1.25. The van der Waals surface area contributed by atoms with Gasteiger partial charge in [-0.1, -0.05) is 13.8 Å². The maximum Gasteiger partial charge on any atom is 0.317 e. The minimum absolute atomic E-state index is 0.112. The van der Waals surface area contributed by atoms with Crippen LogP contribution in [0.15, 0.2) is 0 Å². The van der Waals surface area contributed by atoms with Crippen molar-refractivity contribution in [2.75, 3.05) is 13.1 Å². The van der Waals surface area contributed by atoms with E-state index in [1.807, 2.05) is 20.8 Å². The Bertz CT molecular complexity index is 259. The summed E-state index contributed by atoms with van der Waals surface area (Å²) in [4.78, 5) is 23.6. The van der Waals surface area contributed by atoms with Gasteiger partial charge < -0.3 is 15.3 Å². The van der Waals surface area contributed by atoms with Crippen LogP contribution >= 0.6 is 0 Å². The van der Waals surface area contributed by atoms with Crippen molar-refractivity contribution < 1.29 is 14.7 Å². The van der Waals surface area contributed by atoms with E-state index in [0.29, 0.717) is 19.0 Å². The van der Waals surface area contributed by atoms with Gasteiger partial charge >= 0.3 is 12.0 Å². The highest BCUT2D eigenvalue weighted by atomic mass is 16.4. The van der Waals surface area contributed by atoms with Gasteiger partial charge in [0.2, 0.25) is 0 Å². The normalized spacial score (nSPS) is 18.5. The molecule has 0 unspecified atom stereocenters. The topological polar surface area (TPSA) is 69.6 Å². The zero-order valence-electron chi connectivity index (χ0n) is 9.36. The Morgan fingerprint density at radius 3 is 2.27 bits per heavy atom. The van der Waals surface area contributed by atoms with Crippen molar-refractivity contribution >= 4 is 12.0 Å².